The molecule has 0 radical (unpaired) electrons. The minimum Gasteiger partial charge on any atom is -0.348 e. The van der Waals surface area contributed by atoms with E-state index in [0.29, 0.717) is 0 Å². The van der Waals surface area contributed by atoms with Crippen molar-refractivity contribution in [2.45, 2.75) is 6.17 Å². The van der Waals surface area contributed by atoms with Gasteiger partial charge in [-0.2, -0.15) is 0 Å². The lowest BCUT2D eigenvalue weighted by Crippen LogP contribution is -2.30. The van der Waals surface area contributed by atoms with Gasteiger partial charge in [0.2, 0.25) is 0 Å². The van der Waals surface area contributed by atoms with Crippen molar-refractivity contribution in [1.29, 1.82) is 0 Å². The first-order chi connectivity index (χ1) is 15.2. The Morgan fingerprint density at radius 2 is 1.39 bits per heavy atom. The molecule has 1 aliphatic rings. The Labute approximate surface area is 189 Å². The molecule has 3 nitrogen and oxygen atoms in total. The third kappa shape index (κ3) is 2.75. The Morgan fingerprint density at radius 1 is 0.710 bits per heavy atom. The van der Waals surface area contributed by atoms with Crippen LogP contribution in [0.15, 0.2) is 102 Å². The zero-order valence-corrected chi connectivity index (χ0v) is 18.6. The SMILES string of the molecule is CN1c2c(c3ccccc3c3ccncc23)N(c2ccc(Br)cc2)C1c1ccccc1. The summed E-state index contributed by atoms with van der Waals surface area (Å²) in [5.41, 5.74) is 4.87. The first kappa shape index (κ1) is 18.4. The van der Waals surface area contributed by atoms with E-state index in [0.717, 1.165) is 10.2 Å². The fraction of sp³-hybridized carbons (Fsp3) is 0.0741. The molecule has 0 saturated carbocycles. The van der Waals surface area contributed by atoms with E-state index in [1.807, 2.05) is 12.4 Å². The largest absolute Gasteiger partial charge is 0.348 e. The van der Waals surface area contributed by atoms with Gasteiger partial charge in [-0.05, 0) is 46.7 Å². The van der Waals surface area contributed by atoms with Crippen molar-refractivity contribution < 1.29 is 0 Å². The van der Waals surface area contributed by atoms with E-state index in [2.05, 4.69) is 123 Å². The van der Waals surface area contributed by atoms with Gasteiger partial charge in [0.1, 0.15) is 6.17 Å². The van der Waals surface area contributed by atoms with Crippen LogP contribution >= 0.6 is 15.9 Å². The number of anilines is 3. The van der Waals surface area contributed by atoms with E-state index in [1.54, 1.807) is 0 Å². The number of pyridine rings is 1. The Bertz CT molecular complexity index is 1410. The molecule has 6 rings (SSSR count). The van der Waals surface area contributed by atoms with E-state index in [9.17, 15) is 0 Å². The second-order valence-electron chi connectivity index (χ2n) is 7.91. The third-order valence-electron chi connectivity index (χ3n) is 6.18. The highest BCUT2D eigenvalue weighted by atomic mass is 79.9. The zero-order chi connectivity index (χ0) is 20.9. The number of hydrogen-bond donors (Lipinski definition) is 0. The lowest BCUT2D eigenvalue weighted by molar-refractivity contribution is 0.720. The summed E-state index contributed by atoms with van der Waals surface area (Å²) in [4.78, 5) is 9.34. The van der Waals surface area contributed by atoms with Crippen LogP contribution in [0.2, 0.25) is 0 Å². The van der Waals surface area contributed by atoms with Crippen molar-refractivity contribution >= 4 is 54.5 Å². The fourth-order valence-corrected chi connectivity index (χ4v) is 5.15. The number of hydrogen-bond acceptors (Lipinski definition) is 3. The molecule has 5 aromatic rings. The molecule has 0 amide bonds. The molecular formula is C27H20BrN3. The van der Waals surface area contributed by atoms with Gasteiger partial charge >= 0.3 is 0 Å². The van der Waals surface area contributed by atoms with E-state index >= 15 is 0 Å². The molecule has 1 unspecified atom stereocenters. The molecule has 4 aromatic carbocycles. The highest BCUT2D eigenvalue weighted by Crippen LogP contribution is 2.55. The summed E-state index contributed by atoms with van der Waals surface area (Å²) < 4.78 is 1.08. The molecule has 0 bridgehead atoms. The average molecular weight is 466 g/mol. The molecule has 0 fully saturated rings. The molecular weight excluding hydrogens is 446 g/mol. The summed E-state index contributed by atoms with van der Waals surface area (Å²) in [6.45, 7) is 0. The Balaban J connectivity index is 1.74. The van der Waals surface area contributed by atoms with E-state index in [1.165, 1.54) is 38.5 Å². The van der Waals surface area contributed by atoms with Crippen molar-refractivity contribution in [3.8, 4) is 0 Å². The standard InChI is InChI=1S/C27H20BrN3/c1-30-25-24-17-29-16-15-22(24)21-9-5-6-10-23(21)26(25)31(20-13-11-19(28)12-14-20)27(30)18-7-3-2-4-8-18/h2-17,27H,1H3. The van der Waals surface area contributed by atoms with E-state index in [-0.39, 0.29) is 6.17 Å². The Kier molecular flexibility index (Phi) is 4.22. The third-order valence-corrected chi connectivity index (χ3v) is 6.71. The van der Waals surface area contributed by atoms with Crippen LogP contribution in [0.1, 0.15) is 11.7 Å². The molecule has 4 heteroatoms. The van der Waals surface area contributed by atoms with Crippen LogP contribution in [0.25, 0.3) is 21.5 Å². The van der Waals surface area contributed by atoms with Gasteiger partial charge in [0.15, 0.2) is 0 Å². The maximum absolute atomic E-state index is 4.49. The van der Waals surface area contributed by atoms with Gasteiger partial charge in [0, 0.05) is 40.4 Å². The van der Waals surface area contributed by atoms with Crippen molar-refractivity contribution in [2.24, 2.45) is 0 Å². The Morgan fingerprint density at radius 3 is 2.16 bits per heavy atom. The Hall–Kier alpha value is -3.37. The van der Waals surface area contributed by atoms with Crippen LogP contribution in [0, 0.1) is 0 Å². The van der Waals surface area contributed by atoms with Gasteiger partial charge in [-0.25, -0.2) is 0 Å². The smallest absolute Gasteiger partial charge is 0.132 e. The molecule has 0 aliphatic carbocycles. The predicted octanol–water partition coefficient (Wildman–Crippen LogP) is 7.44. The first-order valence-corrected chi connectivity index (χ1v) is 11.1. The van der Waals surface area contributed by atoms with Crippen LogP contribution in [0.3, 0.4) is 0 Å². The minimum atomic E-state index is 0.0478. The second kappa shape index (κ2) is 7.10. The lowest BCUT2D eigenvalue weighted by Gasteiger charge is -2.31. The van der Waals surface area contributed by atoms with Crippen LogP contribution in [0.4, 0.5) is 17.1 Å². The highest BCUT2D eigenvalue weighted by Gasteiger charge is 2.38. The summed E-state index contributed by atoms with van der Waals surface area (Å²) in [6.07, 6.45) is 3.94. The summed E-state index contributed by atoms with van der Waals surface area (Å²) in [6, 6.07) is 30.1. The molecule has 0 spiro atoms. The molecule has 0 N–H and O–H groups in total. The van der Waals surface area contributed by atoms with Gasteiger partial charge in [-0.15, -0.1) is 0 Å². The number of aromatic nitrogens is 1. The molecule has 31 heavy (non-hydrogen) atoms. The number of benzene rings is 4. The molecule has 150 valence electrons. The molecule has 0 saturated heterocycles. The van der Waals surface area contributed by atoms with Crippen LogP contribution < -0.4 is 9.80 Å². The summed E-state index contributed by atoms with van der Waals surface area (Å²) in [5, 5.41) is 4.92. The first-order valence-electron chi connectivity index (χ1n) is 10.3. The molecule has 1 aromatic heterocycles. The quantitative estimate of drug-likeness (QED) is 0.252. The van der Waals surface area contributed by atoms with Crippen molar-refractivity contribution in [1.82, 2.24) is 4.98 Å². The minimum absolute atomic E-state index is 0.0478. The summed E-state index contributed by atoms with van der Waals surface area (Å²) in [7, 11) is 2.19. The molecule has 2 heterocycles. The normalized spacial score (nSPS) is 15.6. The van der Waals surface area contributed by atoms with Crippen LogP contribution in [-0.4, -0.2) is 12.0 Å². The van der Waals surface area contributed by atoms with Gasteiger partial charge in [0.05, 0.1) is 11.4 Å². The zero-order valence-electron chi connectivity index (χ0n) is 17.0. The van der Waals surface area contributed by atoms with Gasteiger partial charge < -0.3 is 9.80 Å². The fourth-order valence-electron chi connectivity index (χ4n) is 4.89. The maximum Gasteiger partial charge on any atom is 0.132 e. The number of rotatable bonds is 2. The van der Waals surface area contributed by atoms with Gasteiger partial charge in [0.25, 0.3) is 0 Å². The van der Waals surface area contributed by atoms with E-state index < -0.39 is 0 Å². The lowest BCUT2D eigenvalue weighted by atomic mass is 9.99. The second-order valence-corrected chi connectivity index (χ2v) is 8.82. The number of fused-ring (bicyclic) bond motifs is 6. The van der Waals surface area contributed by atoms with Crippen molar-refractivity contribution in [3.05, 3.63) is 107 Å². The highest BCUT2D eigenvalue weighted by molar-refractivity contribution is 9.10. The molecule has 1 atom stereocenters. The van der Waals surface area contributed by atoms with Crippen LogP contribution in [-0.2, 0) is 0 Å². The van der Waals surface area contributed by atoms with E-state index in [4.69, 9.17) is 0 Å². The number of nitrogens with zero attached hydrogens (tertiary/aromatic N) is 3. The summed E-state index contributed by atoms with van der Waals surface area (Å²) >= 11 is 3.59. The predicted molar refractivity (Wildman–Crippen MR) is 133 cm³/mol. The van der Waals surface area contributed by atoms with Crippen molar-refractivity contribution in [3.63, 3.8) is 0 Å². The monoisotopic (exact) mass is 465 g/mol. The van der Waals surface area contributed by atoms with Gasteiger partial charge in [-0.1, -0.05) is 70.5 Å². The average Bonchev–Trinajstić information content (AvgIpc) is 3.14. The molecule has 1 aliphatic heterocycles. The van der Waals surface area contributed by atoms with Crippen LogP contribution in [0.5, 0.6) is 0 Å². The van der Waals surface area contributed by atoms with Gasteiger partial charge in [-0.3, -0.25) is 4.98 Å². The number of halogens is 1. The maximum atomic E-state index is 4.49. The summed E-state index contributed by atoms with van der Waals surface area (Å²) in [5.74, 6) is 0. The topological polar surface area (TPSA) is 19.4 Å². The van der Waals surface area contributed by atoms with Crippen molar-refractivity contribution in [2.75, 3.05) is 16.8 Å².